The Kier molecular flexibility index (Phi) is 2.89. The van der Waals surface area contributed by atoms with E-state index < -0.39 is 0 Å². The molecule has 1 aromatic heterocycles. The van der Waals surface area contributed by atoms with E-state index in [0.717, 1.165) is 4.70 Å². The molecule has 0 unspecified atom stereocenters. The molecule has 5 heteroatoms. The van der Waals surface area contributed by atoms with Gasteiger partial charge in [-0.05, 0) is 24.3 Å². The molecule has 0 radical (unpaired) electrons. The summed E-state index contributed by atoms with van der Waals surface area (Å²) in [7, 11) is 0. The van der Waals surface area contributed by atoms with Crippen molar-refractivity contribution >= 4 is 32.2 Å². The van der Waals surface area contributed by atoms with Crippen LogP contribution < -0.4 is 10.9 Å². The summed E-state index contributed by atoms with van der Waals surface area (Å²) in [6.45, 7) is 0. The minimum Gasteiger partial charge on any atom is -0.506 e. The molecular weight excluding hydrogens is 260 g/mol. The molecule has 19 heavy (non-hydrogen) atoms. The van der Waals surface area contributed by atoms with E-state index >= 15 is 0 Å². The van der Waals surface area contributed by atoms with Gasteiger partial charge in [-0.25, -0.2) is 0 Å². The highest BCUT2D eigenvalue weighted by Crippen LogP contribution is 2.28. The van der Waals surface area contributed by atoms with Crippen molar-refractivity contribution in [2.75, 3.05) is 5.32 Å². The van der Waals surface area contributed by atoms with E-state index in [1.807, 2.05) is 18.2 Å². The molecule has 0 bridgehead atoms. The molecule has 0 atom stereocenters. The molecule has 3 aromatic rings. The Bertz CT molecular complexity index is 799. The molecule has 0 fully saturated rings. The summed E-state index contributed by atoms with van der Waals surface area (Å²) in [4.78, 5) is 15.8. The number of hydrogen-bond donors (Lipinski definition) is 2. The third-order valence-electron chi connectivity index (χ3n) is 2.67. The van der Waals surface area contributed by atoms with Crippen LogP contribution in [0.4, 0.5) is 10.8 Å². The zero-order valence-corrected chi connectivity index (χ0v) is 10.6. The van der Waals surface area contributed by atoms with Crippen LogP contribution in [0.1, 0.15) is 0 Å². The molecule has 0 saturated heterocycles. The lowest BCUT2D eigenvalue weighted by molar-refractivity contribution is 0.478. The van der Waals surface area contributed by atoms with Crippen LogP contribution >= 0.6 is 11.3 Å². The van der Waals surface area contributed by atoms with Gasteiger partial charge < -0.3 is 10.4 Å². The topological polar surface area (TPSA) is 62.2 Å². The highest BCUT2D eigenvalue weighted by Gasteiger charge is 2.06. The van der Waals surface area contributed by atoms with E-state index in [4.69, 9.17) is 0 Å². The third kappa shape index (κ3) is 2.28. The first-order valence-corrected chi connectivity index (χ1v) is 6.50. The number of aromatic nitrogens is 1. The van der Waals surface area contributed by atoms with Crippen LogP contribution in [0.5, 0.6) is 5.75 Å². The van der Waals surface area contributed by atoms with E-state index in [0.29, 0.717) is 16.2 Å². The molecule has 0 saturated carbocycles. The lowest BCUT2D eigenvalue weighted by Crippen LogP contribution is -2.07. The van der Waals surface area contributed by atoms with Gasteiger partial charge in [0, 0.05) is 4.70 Å². The molecule has 0 amide bonds. The normalized spacial score (nSPS) is 10.5. The third-order valence-corrected chi connectivity index (χ3v) is 3.64. The Balaban J connectivity index is 2.07. The van der Waals surface area contributed by atoms with Gasteiger partial charge in [0.25, 0.3) is 5.56 Å². The van der Waals surface area contributed by atoms with Gasteiger partial charge >= 0.3 is 0 Å². The van der Waals surface area contributed by atoms with Gasteiger partial charge in [-0.1, -0.05) is 35.6 Å². The van der Waals surface area contributed by atoms with Gasteiger partial charge in [-0.15, -0.1) is 0 Å². The van der Waals surface area contributed by atoms with E-state index in [-0.39, 0.29) is 11.3 Å². The van der Waals surface area contributed by atoms with Crippen molar-refractivity contribution in [1.29, 1.82) is 0 Å². The number of hydrogen-bond acceptors (Lipinski definition) is 5. The van der Waals surface area contributed by atoms with Gasteiger partial charge in [0.15, 0.2) is 5.13 Å². The minimum absolute atomic E-state index is 0.122. The van der Waals surface area contributed by atoms with Gasteiger partial charge in [-0.2, -0.15) is 4.98 Å². The zero-order chi connectivity index (χ0) is 13.2. The summed E-state index contributed by atoms with van der Waals surface area (Å²) in [5, 5.41) is 13.7. The van der Waals surface area contributed by atoms with Crippen LogP contribution in [0.2, 0.25) is 0 Å². The molecule has 94 valence electrons. The van der Waals surface area contributed by atoms with Crippen LogP contribution in [-0.4, -0.2) is 10.1 Å². The molecular formula is C14H10N2O2S. The maximum atomic E-state index is 11.9. The molecule has 4 nitrogen and oxygen atoms in total. The summed E-state index contributed by atoms with van der Waals surface area (Å²) in [5.41, 5.74) is 0.258. The average Bonchev–Trinajstić information content (AvgIpc) is 2.42. The number of benzene rings is 2. The largest absolute Gasteiger partial charge is 0.506 e. The summed E-state index contributed by atoms with van der Waals surface area (Å²) in [5.74, 6) is 0.122. The lowest BCUT2D eigenvalue weighted by Gasteiger charge is -2.06. The standard InChI is InChI=1S/C14H10N2O2S/c17-11-7-3-2-6-10(11)15-14-16-13(18)9-5-1-4-8-12(9)19-14/h1-8,17H,(H,15,16,18). The fraction of sp³-hybridized carbons (Fsp3) is 0. The Labute approximate surface area is 113 Å². The van der Waals surface area contributed by atoms with Gasteiger partial charge in [0.05, 0.1) is 11.1 Å². The number of para-hydroxylation sites is 2. The Morgan fingerprint density at radius 1 is 1.05 bits per heavy atom. The monoisotopic (exact) mass is 270 g/mol. The summed E-state index contributed by atoms with van der Waals surface area (Å²) in [6.07, 6.45) is 0. The van der Waals surface area contributed by atoms with E-state index in [2.05, 4.69) is 10.3 Å². The second-order valence-corrected chi connectivity index (χ2v) is 4.99. The molecule has 0 spiro atoms. The number of rotatable bonds is 2. The maximum absolute atomic E-state index is 11.9. The fourth-order valence-electron chi connectivity index (χ4n) is 1.76. The minimum atomic E-state index is -0.271. The van der Waals surface area contributed by atoms with Crippen molar-refractivity contribution in [2.45, 2.75) is 0 Å². The van der Waals surface area contributed by atoms with E-state index in [9.17, 15) is 9.90 Å². The highest BCUT2D eigenvalue weighted by atomic mass is 32.1. The van der Waals surface area contributed by atoms with Crippen LogP contribution in [-0.2, 0) is 0 Å². The molecule has 1 heterocycles. The Morgan fingerprint density at radius 2 is 1.79 bits per heavy atom. The number of nitrogens with one attached hydrogen (secondary N) is 1. The zero-order valence-electron chi connectivity index (χ0n) is 9.83. The van der Waals surface area contributed by atoms with Gasteiger partial charge in [0.1, 0.15) is 5.75 Å². The van der Waals surface area contributed by atoms with Crippen LogP contribution in [0.3, 0.4) is 0 Å². The molecule has 0 aliphatic carbocycles. The number of anilines is 2. The SMILES string of the molecule is O=c1nc(Nc2ccccc2O)sc2ccccc12. The number of phenols is 1. The first-order chi connectivity index (χ1) is 9.24. The number of nitrogens with zero attached hydrogens (tertiary/aromatic N) is 1. The predicted octanol–water partition coefficient (Wildman–Crippen LogP) is 3.11. The van der Waals surface area contributed by atoms with Crippen molar-refractivity contribution in [3.05, 3.63) is 58.9 Å². The summed E-state index contributed by atoms with van der Waals surface area (Å²) < 4.78 is 0.862. The highest BCUT2D eigenvalue weighted by molar-refractivity contribution is 7.21. The van der Waals surface area contributed by atoms with Gasteiger partial charge in [0.2, 0.25) is 0 Å². The molecule has 2 N–H and O–H groups in total. The second kappa shape index (κ2) is 4.70. The van der Waals surface area contributed by atoms with Crippen LogP contribution in [0, 0.1) is 0 Å². The number of fused-ring (bicyclic) bond motifs is 1. The van der Waals surface area contributed by atoms with Crippen LogP contribution in [0.15, 0.2) is 53.3 Å². The van der Waals surface area contributed by atoms with E-state index in [1.54, 1.807) is 30.3 Å². The molecule has 3 rings (SSSR count). The van der Waals surface area contributed by atoms with Gasteiger partial charge in [-0.3, -0.25) is 4.79 Å². The Morgan fingerprint density at radius 3 is 2.63 bits per heavy atom. The summed E-state index contributed by atoms with van der Waals surface area (Å²) >= 11 is 1.37. The molecule has 0 aliphatic heterocycles. The van der Waals surface area contributed by atoms with Crippen molar-refractivity contribution in [3.63, 3.8) is 0 Å². The first kappa shape index (κ1) is 11.7. The van der Waals surface area contributed by atoms with E-state index in [1.165, 1.54) is 11.3 Å². The molecule has 2 aromatic carbocycles. The molecule has 0 aliphatic rings. The Hall–Kier alpha value is -2.40. The maximum Gasteiger partial charge on any atom is 0.281 e. The predicted molar refractivity (Wildman–Crippen MR) is 77.3 cm³/mol. The van der Waals surface area contributed by atoms with Crippen LogP contribution in [0.25, 0.3) is 10.1 Å². The van der Waals surface area contributed by atoms with Crippen molar-refractivity contribution in [2.24, 2.45) is 0 Å². The van der Waals surface area contributed by atoms with Crippen molar-refractivity contribution in [1.82, 2.24) is 4.98 Å². The number of aromatic hydroxyl groups is 1. The summed E-state index contributed by atoms with van der Waals surface area (Å²) in [6, 6.07) is 14.2. The second-order valence-electron chi connectivity index (χ2n) is 3.96. The quantitative estimate of drug-likeness (QED) is 0.702. The average molecular weight is 270 g/mol. The fourth-order valence-corrected chi connectivity index (χ4v) is 2.67. The first-order valence-electron chi connectivity index (χ1n) is 5.69. The lowest BCUT2D eigenvalue weighted by atomic mass is 10.3. The van der Waals surface area contributed by atoms with Crippen molar-refractivity contribution < 1.29 is 5.11 Å². The van der Waals surface area contributed by atoms with Crippen molar-refractivity contribution in [3.8, 4) is 5.75 Å². The number of phenolic OH excluding ortho intramolecular Hbond substituents is 1. The smallest absolute Gasteiger partial charge is 0.281 e.